The van der Waals surface area contributed by atoms with Gasteiger partial charge in [0.15, 0.2) is 5.58 Å². The lowest BCUT2D eigenvalue weighted by Gasteiger charge is -2.08. The molecular weight excluding hydrogens is 304 g/mol. The van der Waals surface area contributed by atoms with E-state index in [9.17, 15) is 13.2 Å². The summed E-state index contributed by atoms with van der Waals surface area (Å²) in [5.41, 5.74) is 2.20. The average molecular weight is 318 g/mol. The second kappa shape index (κ2) is 5.34. The van der Waals surface area contributed by atoms with Crippen molar-refractivity contribution in [3.63, 3.8) is 0 Å². The predicted octanol–water partition coefficient (Wildman–Crippen LogP) is 2.48. The van der Waals surface area contributed by atoms with Crippen LogP contribution in [-0.4, -0.2) is 13.4 Å². The number of hydrogen-bond donors (Lipinski definition) is 2. The molecule has 1 heterocycles. The highest BCUT2D eigenvalue weighted by Crippen LogP contribution is 2.20. The molecule has 7 heteroatoms. The van der Waals surface area contributed by atoms with Gasteiger partial charge in [-0.3, -0.25) is 9.71 Å². The summed E-state index contributed by atoms with van der Waals surface area (Å²) in [6.07, 6.45) is 0.844. The first-order chi connectivity index (χ1) is 10.5. The third-order valence-corrected chi connectivity index (χ3v) is 4.71. The van der Waals surface area contributed by atoms with Crippen molar-refractivity contribution in [2.75, 3.05) is 4.72 Å². The SMILES string of the molecule is CCc1ccc(S(=O)(=O)Nc2ccc3[nH]c(=O)oc3c2)cc1. The Morgan fingerprint density at radius 2 is 1.86 bits per heavy atom. The summed E-state index contributed by atoms with van der Waals surface area (Å²) >= 11 is 0. The van der Waals surface area contributed by atoms with Crippen LogP contribution in [0.3, 0.4) is 0 Å². The Morgan fingerprint density at radius 1 is 1.14 bits per heavy atom. The molecule has 0 atom stereocenters. The summed E-state index contributed by atoms with van der Waals surface area (Å²) in [7, 11) is -3.68. The number of anilines is 1. The number of aromatic amines is 1. The zero-order valence-corrected chi connectivity index (χ0v) is 12.6. The van der Waals surface area contributed by atoms with Crippen LogP contribution >= 0.6 is 0 Å². The maximum absolute atomic E-state index is 12.3. The lowest BCUT2D eigenvalue weighted by atomic mass is 10.2. The maximum atomic E-state index is 12.3. The van der Waals surface area contributed by atoms with Gasteiger partial charge in [-0.25, -0.2) is 13.2 Å². The average Bonchev–Trinajstić information content (AvgIpc) is 2.86. The van der Waals surface area contributed by atoms with Crippen LogP contribution in [0, 0.1) is 0 Å². The molecule has 0 radical (unpaired) electrons. The van der Waals surface area contributed by atoms with Gasteiger partial charge in [-0.05, 0) is 36.2 Å². The molecule has 0 aliphatic rings. The first kappa shape index (κ1) is 14.4. The van der Waals surface area contributed by atoms with Gasteiger partial charge in [0.1, 0.15) is 0 Å². The second-order valence-electron chi connectivity index (χ2n) is 4.83. The van der Waals surface area contributed by atoms with E-state index in [0.717, 1.165) is 12.0 Å². The summed E-state index contributed by atoms with van der Waals surface area (Å²) in [4.78, 5) is 13.8. The van der Waals surface area contributed by atoms with Crippen molar-refractivity contribution in [1.29, 1.82) is 0 Å². The molecule has 3 rings (SSSR count). The van der Waals surface area contributed by atoms with Crippen molar-refractivity contribution in [3.8, 4) is 0 Å². The van der Waals surface area contributed by atoms with E-state index in [1.165, 1.54) is 6.07 Å². The molecule has 114 valence electrons. The van der Waals surface area contributed by atoms with E-state index < -0.39 is 15.8 Å². The number of benzene rings is 2. The summed E-state index contributed by atoms with van der Waals surface area (Å²) in [6, 6.07) is 11.3. The maximum Gasteiger partial charge on any atom is 0.417 e. The smallest absolute Gasteiger partial charge is 0.408 e. The van der Waals surface area contributed by atoms with Gasteiger partial charge in [-0.15, -0.1) is 0 Å². The van der Waals surface area contributed by atoms with E-state index in [4.69, 9.17) is 4.42 Å². The van der Waals surface area contributed by atoms with Crippen LogP contribution in [-0.2, 0) is 16.4 Å². The fourth-order valence-electron chi connectivity index (χ4n) is 2.13. The molecule has 3 aromatic rings. The number of H-pyrrole nitrogens is 1. The number of aromatic nitrogens is 1. The minimum atomic E-state index is -3.68. The Hall–Kier alpha value is -2.54. The lowest BCUT2D eigenvalue weighted by Crippen LogP contribution is -2.12. The molecule has 0 saturated carbocycles. The minimum absolute atomic E-state index is 0.181. The highest BCUT2D eigenvalue weighted by molar-refractivity contribution is 7.92. The first-order valence-electron chi connectivity index (χ1n) is 6.72. The van der Waals surface area contributed by atoms with E-state index in [2.05, 4.69) is 9.71 Å². The largest absolute Gasteiger partial charge is 0.417 e. The summed E-state index contributed by atoms with van der Waals surface area (Å²) in [5.74, 6) is -0.579. The molecule has 6 nitrogen and oxygen atoms in total. The van der Waals surface area contributed by atoms with Crippen molar-refractivity contribution >= 4 is 26.8 Å². The number of fused-ring (bicyclic) bond motifs is 1. The molecule has 0 bridgehead atoms. The van der Waals surface area contributed by atoms with Crippen LogP contribution in [0.5, 0.6) is 0 Å². The van der Waals surface area contributed by atoms with Crippen molar-refractivity contribution in [2.24, 2.45) is 0 Å². The number of aryl methyl sites for hydroxylation is 1. The molecule has 0 spiro atoms. The molecule has 0 aliphatic heterocycles. The quantitative estimate of drug-likeness (QED) is 0.773. The van der Waals surface area contributed by atoms with Gasteiger partial charge in [0.05, 0.1) is 16.1 Å². The number of oxazole rings is 1. The van der Waals surface area contributed by atoms with E-state index in [1.54, 1.807) is 36.4 Å². The van der Waals surface area contributed by atoms with E-state index in [1.807, 2.05) is 6.92 Å². The number of rotatable bonds is 4. The molecular formula is C15H14N2O4S. The van der Waals surface area contributed by atoms with E-state index in [-0.39, 0.29) is 4.90 Å². The highest BCUT2D eigenvalue weighted by Gasteiger charge is 2.14. The van der Waals surface area contributed by atoms with Gasteiger partial charge in [0, 0.05) is 6.07 Å². The van der Waals surface area contributed by atoms with Crippen LogP contribution in [0.15, 0.2) is 56.6 Å². The molecule has 1 aromatic heterocycles. The van der Waals surface area contributed by atoms with Crippen molar-refractivity contribution in [1.82, 2.24) is 4.98 Å². The standard InChI is InChI=1S/C15H14N2O4S/c1-2-10-3-6-12(7-4-10)22(19,20)17-11-5-8-13-14(9-11)21-15(18)16-13/h3-9,17H,2H2,1H3,(H,16,18). The van der Waals surface area contributed by atoms with Crippen LogP contribution in [0.1, 0.15) is 12.5 Å². The fourth-order valence-corrected chi connectivity index (χ4v) is 3.18. The molecule has 2 aromatic carbocycles. The van der Waals surface area contributed by atoms with Gasteiger partial charge in [-0.1, -0.05) is 19.1 Å². The normalized spacial score (nSPS) is 11.7. The van der Waals surface area contributed by atoms with Crippen LogP contribution in [0.25, 0.3) is 11.1 Å². The monoisotopic (exact) mass is 318 g/mol. The Morgan fingerprint density at radius 3 is 2.55 bits per heavy atom. The second-order valence-corrected chi connectivity index (χ2v) is 6.51. The summed E-state index contributed by atoms with van der Waals surface area (Å²) in [5, 5.41) is 0. The minimum Gasteiger partial charge on any atom is -0.408 e. The third kappa shape index (κ3) is 2.75. The van der Waals surface area contributed by atoms with Crippen LogP contribution in [0.4, 0.5) is 5.69 Å². The van der Waals surface area contributed by atoms with Gasteiger partial charge in [0.25, 0.3) is 10.0 Å². The Bertz CT molecular complexity index is 969. The molecule has 0 aliphatic carbocycles. The van der Waals surface area contributed by atoms with Gasteiger partial charge in [0.2, 0.25) is 0 Å². The lowest BCUT2D eigenvalue weighted by molar-refractivity contribution is 0.555. The van der Waals surface area contributed by atoms with Crippen molar-refractivity contribution in [3.05, 3.63) is 58.6 Å². The Labute approximate surface area is 126 Å². The van der Waals surface area contributed by atoms with Gasteiger partial charge < -0.3 is 4.42 Å². The van der Waals surface area contributed by atoms with Crippen molar-refractivity contribution < 1.29 is 12.8 Å². The predicted molar refractivity (Wildman–Crippen MR) is 83.5 cm³/mol. The van der Waals surface area contributed by atoms with Gasteiger partial charge in [-0.2, -0.15) is 0 Å². The molecule has 0 fully saturated rings. The zero-order valence-electron chi connectivity index (χ0n) is 11.8. The summed E-state index contributed by atoms with van der Waals surface area (Å²) < 4.78 is 32.0. The van der Waals surface area contributed by atoms with E-state index >= 15 is 0 Å². The first-order valence-corrected chi connectivity index (χ1v) is 8.21. The molecule has 2 N–H and O–H groups in total. The van der Waals surface area contributed by atoms with Gasteiger partial charge >= 0.3 is 5.76 Å². The number of hydrogen-bond acceptors (Lipinski definition) is 4. The Kier molecular flexibility index (Phi) is 3.50. The number of sulfonamides is 1. The molecule has 22 heavy (non-hydrogen) atoms. The zero-order chi connectivity index (χ0) is 15.7. The molecule has 0 saturated heterocycles. The molecule has 0 unspecified atom stereocenters. The highest BCUT2D eigenvalue weighted by atomic mass is 32.2. The number of nitrogens with one attached hydrogen (secondary N) is 2. The topological polar surface area (TPSA) is 92.2 Å². The van der Waals surface area contributed by atoms with E-state index in [0.29, 0.717) is 16.8 Å². The molecule has 0 amide bonds. The third-order valence-electron chi connectivity index (χ3n) is 3.32. The fraction of sp³-hybridized carbons (Fsp3) is 0.133. The van der Waals surface area contributed by atoms with Crippen molar-refractivity contribution in [2.45, 2.75) is 18.2 Å². The van der Waals surface area contributed by atoms with Crippen LogP contribution in [0.2, 0.25) is 0 Å². The van der Waals surface area contributed by atoms with Crippen LogP contribution < -0.4 is 10.5 Å². The summed E-state index contributed by atoms with van der Waals surface area (Å²) in [6.45, 7) is 2.00. The Balaban J connectivity index is 1.92.